The van der Waals surface area contributed by atoms with Crippen LogP contribution in [-0.4, -0.2) is 69.6 Å². The lowest BCUT2D eigenvalue weighted by Crippen LogP contribution is -2.72. The molecule has 1 aromatic heterocycles. The fourth-order valence-corrected chi connectivity index (χ4v) is 6.46. The van der Waals surface area contributed by atoms with Crippen LogP contribution in [-0.2, 0) is 22.5 Å². The molecule has 0 spiro atoms. The number of morpholine rings is 1. The molecule has 0 saturated carbocycles. The van der Waals surface area contributed by atoms with Crippen LogP contribution in [0.5, 0.6) is 0 Å². The van der Waals surface area contributed by atoms with Gasteiger partial charge in [-0.3, -0.25) is 9.69 Å². The van der Waals surface area contributed by atoms with E-state index >= 15 is 8.78 Å². The molecule has 2 aliphatic rings. The molecule has 3 heterocycles. The number of urea groups is 1. The Hall–Kier alpha value is -3.48. The molecule has 0 bridgehead atoms. The monoisotopic (exact) mass is 571 g/mol. The molecule has 3 amide bonds. The van der Waals surface area contributed by atoms with Crippen molar-refractivity contribution >= 4 is 29.0 Å². The summed E-state index contributed by atoms with van der Waals surface area (Å²) >= 11 is 1.11. The van der Waals surface area contributed by atoms with Crippen molar-refractivity contribution in [3.8, 4) is 10.6 Å². The van der Waals surface area contributed by atoms with Gasteiger partial charge in [0.2, 0.25) is 0 Å². The summed E-state index contributed by atoms with van der Waals surface area (Å²) < 4.78 is 37.3. The van der Waals surface area contributed by atoms with Gasteiger partial charge in [0.25, 0.3) is 5.91 Å². The molecule has 2 aromatic carbocycles. The van der Waals surface area contributed by atoms with E-state index in [2.05, 4.69) is 15.5 Å². The van der Waals surface area contributed by atoms with Gasteiger partial charge in [-0.2, -0.15) is 0 Å². The van der Waals surface area contributed by atoms with Gasteiger partial charge in [0.05, 0.1) is 36.0 Å². The number of aliphatic hydroxyl groups is 1. The summed E-state index contributed by atoms with van der Waals surface area (Å²) in [6, 6.07) is 6.95. The number of anilines is 1. The van der Waals surface area contributed by atoms with E-state index in [-0.39, 0.29) is 41.3 Å². The molecule has 2 aliphatic heterocycles. The van der Waals surface area contributed by atoms with Gasteiger partial charge in [-0.15, -0.1) is 10.2 Å². The normalized spacial score (nSPS) is 23.8. The van der Waals surface area contributed by atoms with Gasteiger partial charge in [0.15, 0.2) is 22.2 Å². The fraction of sp³-hybridized carbons (Fsp3) is 0.429. The maximum absolute atomic E-state index is 15.8. The van der Waals surface area contributed by atoms with Crippen molar-refractivity contribution in [1.29, 1.82) is 0 Å². The van der Waals surface area contributed by atoms with Crippen LogP contribution in [0.1, 0.15) is 35.5 Å². The molecule has 40 heavy (non-hydrogen) atoms. The second-order valence-corrected chi connectivity index (χ2v) is 11.6. The van der Waals surface area contributed by atoms with E-state index in [1.807, 2.05) is 19.1 Å². The van der Waals surface area contributed by atoms with Crippen LogP contribution in [0.15, 0.2) is 30.3 Å². The van der Waals surface area contributed by atoms with Crippen LogP contribution < -0.4 is 10.2 Å². The first-order chi connectivity index (χ1) is 18.9. The number of fused-ring (bicyclic) bond motifs is 3. The molecule has 0 radical (unpaired) electrons. The SMILES string of the molecule is CNC(=O)N(Cc1ccc(C)cc1)C(=O)C1(O)Cc2cc(-c3nnc(C)s3)c(F)c(F)c2N2C[C@H](C)OC(C)[C@H]21. The summed E-state index contributed by atoms with van der Waals surface area (Å²) in [5.74, 6) is -3.04. The quantitative estimate of drug-likeness (QED) is 0.491. The van der Waals surface area contributed by atoms with Gasteiger partial charge in [0.1, 0.15) is 5.01 Å². The Labute approximate surface area is 234 Å². The Balaban J connectivity index is 1.64. The van der Waals surface area contributed by atoms with Crippen molar-refractivity contribution in [2.45, 2.75) is 64.5 Å². The summed E-state index contributed by atoms with van der Waals surface area (Å²) in [4.78, 5) is 29.7. The van der Waals surface area contributed by atoms with Gasteiger partial charge in [-0.1, -0.05) is 41.2 Å². The average Bonchev–Trinajstić information content (AvgIpc) is 3.34. The third-order valence-corrected chi connectivity index (χ3v) is 8.34. The van der Waals surface area contributed by atoms with E-state index in [1.165, 1.54) is 18.0 Å². The van der Waals surface area contributed by atoms with Gasteiger partial charge in [0, 0.05) is 20.0 Å². The highest BCUT2D eigenvalue weighted by molar-refractivity contribution is 7.14. The van der Waals surface area contributed by atoms with E-state index in [1.54, 1.807) is 32.9 Å². The highest BCUT2D eigenvalue weighted by Gasteiger charge is 2.58. The molecular weight excluding hydrogens is 540 g/mol. The average molecular weight is 572 g/mol. The lowest BCUT2D eigenvalue weighted by Gasteiger charge is -2.54. The van der Waals surface area contributed by atoms with Crippen molar-refractivity contribution in [3.63, 3.8) is 0 Å². The lowest BCUT2D eigenvalue weighted by atomic mass is 9.76. The molecule has 3 aromatic rings. The first-order valence-corrected chi connectivity index (χ1v) is 13.8. The number of imide groups is 1. The standard InChI is InChI=1S/C28H31F2N5O4S/c1-14-6-8-18(9-7-14)13-35(27(37)31-5)26(36)28(38)11-19-10-20(25-33-32-17(4)40-25)21(29)22(30)23(19)34-12-15(2)39-16(3)24(28)34/h6-10,15-16,24,38H,11-13H2,1-5H3,(H,31,37)/t15-,16?,24-,28?/m0/s1. The van der Waals surface area contributed by atoms with Crippen molar-refractivity contribution in [3.05, 3.63) is 63.7 Å². The van der Waals surface area contributed by atoms with Gasteiger partial charge in [-0.25, -0.2) is 13.6 Å². The summed E-state index contributed by atoms with van der Waals surface area (Å²) in [6.45, 7) is 7.08. The number of amides is 3. The highest BCUT2D eigenvalue weighted by Crippen LogP contribution is 2.46. The molecule has 4 atom stereocenters. The predicted molar refractivity (Wildman–Crippen MR) is 146 cm³/mol. The first kappa shape index (κ1) is 28.1. The number of aryl methyl sites for hydroxylation is 2. The maximum Gasteiger partial charge on any atom is 0.324 e. The maximum atomic E-state index is 15.8. The third-order valence-electron chi connectivity index (χ3n) is 7.47. The van der Waals surface area contributed by atoms with Crippen LogP contribution in [0, 0.1) is 25.5 Å². The number of hydrogen-bond acceptors (Lipinski definition) is 8. The number of rotatable bonds is 4. The molecule has 1 saturated heterocycles. The van der Waals surface area contributed by atoms with Crippen molar-refractivity contribution in [1.82, 2.24) is 20.4 Å². The van der Waals surface area contributed by atoms with Crippen molar-refractivity contribution in [2.75, 3.05) is 18.5 Å². The number of aromatic nitrogens is 2. The number of carbonyl (C=O) groups excluding carboxylic acids is 2. The Morgan fingerprint density at radius 3 is 2.52 bits per heavy atom. The molecule has 2 N–H and O–H groups in total. The molecule has 0 aliphatic carbocycles. The minimum absolute atomic E-state index is 0.0306. The number of nitrogens with one attached hydrogen (secondary N) is 1. The Kier molecular flexibility index (Phi) is 7.36. The molecule has 2 unspecified atom stereocenters. The second kappa shape index (κ2) is 10.5. The van der Waals surface area contributed by atoms with Gasteiger partial charge < -0.3 is 20.1 Å². The van der Waals surface area contributed by atoms with Crippen LogP contribution in [0.2, 0.25) is 0 Å². The summed E-state index contributed by atoms with van der Waals surface area (Å²) in [6.07, 6.45) is -1.51. The fourth-order valence-electron chi connectivity index (χ4n) is 5.76. The Morgan fingerprint density at radius 2 is 1.90 bits per heavy atom. The lowest BCUT2D eigenvalue weighted by molar-refractivity contribution is -0.161. The van der Waals surface area contributed by atoms with Crippen molar-refractivity contribution in [2.24, 2.45) is 0 Å². The van der Waals surface area contributed by atoms with Crippen LogP contribution in [0.4, 0.5) is 19.3 Å². The van der Waals surface area contributed by atoms with Crippen LogP contribution in [0.3, 0.4) is 0 Å². The molecule has 1 fully saturated rings. The minimum Gasteiger partial charge on any atom is -0.377 e. The van der Waals surface area contributed by atoms with Gasteiger partial charge in [-0.05, 0) is 44.9 Å². The van der Waals surface area contributed by atoms with Crippen LogP contribution >= 0.6 is 11.3 Å². The summed E-state index contributed by atoms with van der Waals surface area (Å²) in [7, 11) is 1.40. The molecule has 9 nitrogen and oxygen atoms in total. The minimum atomic E-state index is -2.21. The van der Waals surface area contributed by atoms with Crippen LogP contribution in [0.25, 0.3) is 10.6 Å². The molecule has 5 rings (SSSR count). The largest absolute Gasteiger partial charge is 0.377 e. The van der Waals surface area contributed by atoms with E-state index in [0.29, 0.717) is 10.6 Å². The topological polar surface area (TPSA) is 108 Å². The smallest absolute Gasteiger partial charge is 0.324 e. The van der Waals surface area contributed by atoms with E-state index < -0.39 is 47.4 Å². The summed E-state index contributed by atoms with van der Waals surface area (Å²) in [5.41, 5.74) is -0.422. The number of halogens is 2. The highest BCUT2D eigenvalue weighted by atomic mass is 32.1. The number of hydrogen-bond donors (Lipinski definition) is 2. The number of benzene rings is 2. The number of nitrogens with zero attached hydrogens (tertiary/aromatic N) is 4. The molecular formula is C28H31F2N5O4S. The van der Waals surface area contributed by atoms with E-state index in [9.17, 15) is 14.7 Å². The zero-order valence-electron chi connectivity index (χ0n) is 22.9. The molecule has 212 valence electrons. The first-order valence-electron chi connectivity index (χ1n) is 13.0. The van der Waals surface area contributed by atoms with E-state index in [0.717, 1.165) is 21.8 Å². The van der Waals surface area contributed by atoms with E-state index in [4.69, 9.17) is 4.74 Å². The number of ether oxygens (including phenoxy) is 1. The third kappa shape index (κ3) is 4.73. The zero-order chi connectivity index (χ0) is 28.9. The zero-order valence-corrected chi connectivity index (χ0v) is 23.7. The Morgan fingerprint density at radius 1 is 1.20 bits per heavy atom. The van der Waals surface area contributed by atoms with Crippen molar-refractivity contribution < 1.29 is 28.2 Å². The number of carbonyl (C=O) groups is 2. The Bertz CT molecular complexity index is 1470. The predicted octanol–water partition coefficient (Wildman–Crippen LogP) is 3.74. The van der Waals surface area contributed by atoms with Gasteiger partial charge >= 0.3 is 6.03 Å². The summed E-state index contributed by atoms with van der Waals surface area (Å²) in [5, 5.41) is 23.4. The molecule has 12 heteroatoms. The second-order valence-electron chi connectivity index (χ2n) is 10.5.